The van der Waals surface area contributed by atoms with Crippen molar-refractivity contribution >= 4 is 0 Å². The molecular weight excluding hydrogens is 154 g/mol. The van der Waals surface area contributed by atoms with E-state index in [-0.39, 0.29) is 0 Å². The molecule has 1 aromatic heterocycles. The van der Waals surface area contributed by atoms with Crippen LogP contribution in [-0.4, -0.2) is 20.1 Å². The Labute approximate surface area is 71.2 Å². The first-order valence-electron chi connectivity index (χ1n) is 3.72. The van der Waals surface area contributed by atoms with E-state index in [9.17, 15) is 5.11 Å². The van der Waals surface area contributed by atoms with E-state index in [1.54, 1.807) is 13.2 Å². The predicted octanol–water partition coefficient (Wildman–Crippen LogP) is 0.262. The van der Waals surface area contributed by atoms with Gasteiger partial charge in [0.25, 0.3) is 0 Å². The Hall–Kier alpha value is -1.34. The van der Waals surface area contributed by atoms with E-state index in [2.05, 4.69) is 16.1 Å². The Kier molecular flexibility index (Phi) is 2.83. The molecule has 1 aromatic rings. The van der Waals surface area contributed by atoms with E-state index in [4.69, 9.17) is 6.42 Å². The summed E-state index contributed by atoms with van der Waals surface area (Å²) in [6.07, 6.45) is 7.10. The van der Waals surface area contributed by atoms with Gasteiger partial charge in [-0.1, -0.05) is 0 Å². The van der Waals surface area contributed by atoms with Crippen LogP contribution in [0.2, 0.25) is 0 Å². The summed E-state index contributed by atoms with van der Waals surface area (Å²) in [5, 5.41) is 17.2. The summed E-state index contributed by atoms with van der Waals surface area (Å²) in [4.78, 5) is 1.41. The molecule has 1 unspecified atom stereocenters. The molecule has 0 saturated carbocycles. The van der Waals surface area contributed by atoms with Crippen LogP contribution < -0.4 is 0 Å². The van der Waals surface area contributed by atoms with Gasteiger partial charge >= 0.3 is 0 Å². The molecule has 0 bridgehead atoms. The average molecular weight is 165 g/mol. The molecule has 4 nitrogen and oxygen atoms in total. The van der Waals surface area contributed by atoms with Crippen LogP contribution in [0.15, 0.2) is 6.20 Å². The molecule has 0 spiro atoms. The van der Waals surface area contributed by atoms with Gasteiger partial charge in [0.05, 0.1) is 6.20 Å². The number of aryl methyl sites for hydroxylation is 1. The fraction of sp³-hybridized carbons (Fsp3) is 0.500. The molecule has 1 heterocycles. The molecule has 64 valence electrons. The van der Waals surface area contributed by atoms with Crippen LogP contribution in [0.5, 0.6) is 0 Å². The lowest BCUT2D eigenvalue weighted by molar-refractivity contribution is 0.164. The number of hydrogen-bond donors (Lipinski definition) is 1. The lowest BCUT2D eigenvalue weighted by Gasteiger charge is -2.02. The minimum absolute atomic E-state index is 0.537. The van der Waals surface area contributed by atoms with Gasteiger partial charge in [-0.3, -0.25) is 0 Å². The van der Waals surface area contributed by atoms with Gasteiger partial charge in [-0.2, -0.15) is 15.0 Å². The number of nitrogens with zero attached hydrogens (tertiary/aromatic N) is 3. The van der Waals surface area contributed by atoms with Crippen molar-refractivity contribution in [2.45, 2.75) is 18.9 Å². The van der Waals surface area contributed by atoms with Gasteiger partial charge in [0, 0.05) is 13.5 Å². The second-order valence-corrected chi connectivity index (χ2v) is 2.52. The molecule has 0 aliphatic carbocycles. The summed E-state index contributed by atoms with van der Waals surface area (Å²) < 4.78 is 0. The zero-order valence-corrected chi connectivity index (χ0v) is 6.94. The van der Waals surface area contributed by atoms with Gasteiger partial charge in [-0.15, -0.1) is 12.3 Å². The van der Waals surface area contributed by atoms with Crippen LogP contribution in [-0.2, 0) is 7.05 Å². The molecule has 0 radical (unpaired) electrons. The van der Waals surface area contributed by atoms with Crippen LogP contribution in [0.4, 0.5) is 0 Å². The van der Waals surface area contributed by atoms with Crippen molar-refractivity contribution in [3.05, 3.63) is 11.9 Å². The first kappa shape index (κ1) is 8.75. The molecule has 1 N–H and O–H groups in total. The van der Waals surface area contributed by atoms with Crippen LogP contribution in [0.3, 0.4) is 0 Å². The molecule has 0 fully saturated rings. The highest BCUT2D eigenvalue weighted by Crippen LogP contribution is 2.13. The Morgan fingerprint density at radius 2 is 2.58 bits per heavy atom. The topological polar surface area (TPSA) is 50.9 Å². The number of rotatable bonds is 3. The second-order valence-electron chi connectivity index (χ2n) is 2.52. The molecule has 1 rings (SSSR count). The summed E-state index contributed by atoms with van der Waals surface area (Å²) in [5.74, 6) is 2.46. The van der Waals surface area contributed by atoms with Gasteiger partial charge in [0.2, 0.25) is 0 Å². The number of aliphatic hydroxyl groups is 1. The highest BCUT2D eigenvalue weighted by molar-refractivity contribution is 4.97. The van der Waals surface area contributed by atoms with Crippen molar-refractivity contribution in [1.29, 1.82) is 0 Å². The van der Waals surface area contributed by atoms with E-state index >= 15 is 0 Å². The van der Waals surface area contributed by atoms with E-state index in [1.807, 2.05) is 0 Å². The van der Waals surface area contributed by atoms with E-state index in [1.165, 1.54) is 4.80 Å². The summed E-state index contributed by atoms with van der Waals surface area (Å²) >= 11 is 0. The SMILES string of the molecule is C#CCCC(O)c1cnn(C)n1. The zero-order valence-electron chi connectivity index (χ0n) is 6.94. The smallest absolute Gasteiger partial charge is 0.111 e. The Bertz CT molecular complexity index is 287. The maximum absolute atomic E-state index is 9.45. The van der Waals surface area contributed by atoms with Gasteiger partial charge < -0.3 is 5.11 Å². The Morgan fingerprint density at radius 1 is 1.83 bits per heavy atom. The lowest BCUT2D eigenvalue weighted by Crippen LogP contribution is -1.99. The number of aromatic nitrogens is 3. The fourth-order valence-corrected chi connectivity index (χ4v) is 0.882. The largest absolute Gasteiger partial charge is 0.387 e. The third-order valence-electron chi connectivity index (χ3n) is 1.52. The van der Waals surface area contributed by atoms with Gasteiger partial charge in [0.15, 0.2) is 0 Å². The first-order valence-corrected chi connectivity index (χ1v) is 3.72. The maximum atomic E-state index is 9.45. The Morgan fingerprint density at radius 3 is 3.08 bits per heavy atom. The van der Waals surface area contributed by atoms with E-state index in [0.29, 0.717) is 18.5 Å². The summed E-state index contributed by atoms with van der Waals surface area (Å²) in [5.41, 5.74) is 0.577. The molecule has 0 aliphatic heterocycles. The van der Waals surface area contributed by atoms with Crippen molar-refractivity contribution in [2.24, 2.45) is 7.05 Å². The molecule has 0 saturated heterocycles. The highest BCUT2D eigenvalue weighted by Gasteiger charge is 2.09. The second kappa shape index (κ2) is 3.88. The van der Waals surface area contributed by atoms with Crippen molar-refractivity contribution in [1.82, 2.24) is 15.0 Å². The highest BCUT2D eigenvalue weighted by atomic mass is 16.3. The van der Waals surface area contributed by atoms with Crippen LogP contribution in [0, 0.1) is 12.3 Å². The zero-order chi connectivity index (χ0) is 8.97. The van der Waals surface area contributed by atoms with Gasteiger partial charge in [0.1, 0.15) is 11.8 Å². The van der Waals surface area contributed by atoms with Crippen LogP contribution in [0.1, 0.15) is 24.6 Å². The van der Waals surface area contributed by atoms with Gasteiger partial charge in [-0.25, -0.2) is 0 Å². The summed E-state index contributed by atoms with van der Waals surface area (Å²) in [6, 6.07) is 0. The molecule has 0 aromatic carbocycles. The molecule has 0 aliphatic rings. The average Bonchev–Trinajstić information content (AvgIpc) is 2.47. The maximum Gasteiger partial charge on any atom is 0.111 e. The van der Waals surface area contributed by atoms with E-state index < -0.39 is 6.10 Å². The predicted molar refractivity (Wildman–Crippen MR) is 44.0 cm³/mol. The lowest BCUT2D eigenvalue weighted by atomic mass is 10.1. The minimum Gasteiger partial charge on any atom is -0.387 e. The summed E-state index contributed by atoms with van der Waals surface area (Å²) in [7, 11) is 1.71. The number of hydrogen-bond acceptors (Lipinski definition) is 3. The first-order chi connectivity index (χ1) is 5.74. The molecular formula is C8H11N3O. The van der Waals surface area contributed by atoms with Crippen molar-refractivity contribution in [3.63, 3.8) is 0 Å². The third-order valence-corrected chi connectivity index (χ3v) is 1.52. The van der Waals surface area contributed by atoms with Crippen molar-refractivity contribution in [3.8, 4) is 12.3 Å². The molecule has 1 atom stereocenters. The molecule has 12 heavy (non-hydrogen) atoms. The van der Waals surface area contributed by atoms with E-state index in [0.717, 1.165) is 0 Å². The fourth-order valence-electron chi connectivity index (χ4n) is 0.882. The van der Waals surface area contributed by atoms with Crippen LogP contribution in [0.25, 0.3) is 0 Å². The molecule has 4 heteroatoms. The van der Waals surface area contributed by atoms with Gasteiger partial charge in [-0.05, 0) is 6.42 Å². The Balaban J connectivity index is 2.54. The third kappa shape index (κ3) is 2.07. The minimum atomic E-state index is -0.588. The normalized spacial score (nSPS) is 12.4. The van der Waals surface area contributed by atoms with Crippen molar-refractivity contribution < 1.29 is 5.11 Å². The number of aliphatic hydroxyl groups excluding tert-OH is 1. The number of terminal acetylenes is 1. The molecule has 0 amide bonds. The summed E-state index contributed by atoms with van der Waals surface area (Å²) in [6.45, 7) is 0. The van der Waals surface area contributed by atoms with Crippen LogP contribution >= 0.6 is 0 Å². The quantitative estimate of drug-likeness (QED) is 0.654. The standard InChI is InChI=1S/C8H11N3O/c1-3-4-5-8(12)7-6-9-11(2)10-7/h1,6,8,12H,4-5H2,2H3. The monoisotopic (exact) mass is 165 g/mol. The van der Waals surface area contributed by atoms with Crippen molar-refractivity contribution in [2.75, 3.05) is 0 Å².